The summed E-state index contributed by atoms with van der Waals surface area (Å²) >= 11 is 0. The monoisotopic (exact) mass is 785 g/mol. The summed E-state index contributed by atoms with van der Waals surface area (Å²) in [6, 6.07) is 53.0. The van der Waals surface area contributed by atoms with Gasteiger partial charge in [0.15, 0.2) is 0 Å². The van der Waals surface area contributed by atoms with Gasteiger partial charge < -0.3 is 9.13 Å². The summed E-state index contributed by atoms with van der Waals surface area (Å²) in [5, 5.41) is 13.7. The molecule has 0 aliphatic heterocycles. The van der Waals surface area contributed by atoms with Gasteiger partial charge in [-0.25, -0.2) is 0 Å². The van der Waals surface area contributed by atoms with Crippen molar-refractivity contribution in [1.29, 1.82) is 5.26 Å². The van der Waals surface area contributed by atoms with Crippen molar-refractivity contribution in [3.8, 4) is 50.8 Å². The quantitative estimate of drug-likeness (QED) is 0.171. The van der Waals surface area contributed by atoms with Crippen LogP contribution in [0.5, 0.6) is 0 Å². The zero-order valence-electron chi connectivity index (χ0n) is 33.5. The highest BCUT2D eigenvalue weighted by Gasteiger charge is 2.36. The first-order chi connectivity index (χ1) is 29.0. The molecule has 0 aliphatic carbocycles. The van der Waals surface area contributed by atoms with Crippen molar-refractivity contribution < 1.29 is 13.2 Å². The molecule has 0 radical (unpaired) electrons. The van der Waals surface area contributed by atoms with Crippen molar-refractivity contribution in [2.24, 2.45) is 0 Å². The first-order valence-corrected chi connectivity index (χ1v) is 20.0. The fraction of sp³-hybridized carbons (Fsp3) is 0.0926. The van der Waals surface area contributed by atoms with Gasteiger partial charge >= 0.3 is 6.18 Å². The molecule has 0 spiro atoms. The van der Waals surface area contributed by atoms with E-state index in [2.05, 4.69) is 111 Å². The van der Waals surface area contributed by atoms with Crippen LogP contribution < -0.4 is 0 Å². The number of aryl methyl sites for hydroxylation is 4. The molecule has 2 heterocycles. The van der Waals surface area contributed by atoms with E-state index < -0.39 is 11.7 Å². The predicted molar refractivity (Wildman–Crippen MR) is 240 cm³/mol. The Balaban J connectivity index is 1.33. The molecule has 0 atom stereocenters. The van der Waals surface area contributed by atoms with E-state index in [1.807, 2.05) is 53.1 Å². The Morgan fingerprint density at radius 3 is 1.42 bits per heavy atom. The smallest absolute Gasteiger partial charge is 0.307 e. The van der Waals surface area contributed by atoms with Crippen LogP contribution in [-0.4, -0.2) is 9.13 Å². The van der Waals surface area contributed by atoms with E-state index in [0.29, 0.717) is 16.9 Å². The molecule has 0 bridgehead atoms. The lowest BCUT2D eigenvalue weighted by atomic mass is 9.95. The van der Waals surface area contributed by atoms with Gasteiger partial charge in [0.25, 0.3) is 0 Å². The van der Waals surface area contributed by atoms with Crippen LogP contribution >= 0.6 is 0 Å². The van der Waals surface area contributed by atoms with Gasteiger partial charge in [-0.2, -0.15) is 18.4 Å². The van der Waals surface area contributed by atoms with Gasteiger partial charge in [0.05, 0.1) is 50.6 Å². The number of hydrogen-bond donors (Lipinski definition) is 0. The summed E-state index contributed by atoms with van der Waals surface area (Å²) in [6.45, 7) is 8.38. The van der Waals surface area contributed by atoms with Gasteiger partial charge in [-0.05, 0) is 133 Å². The van der Waals surface area contributed by atoms with E-state index >= 15 is 13.2 Å². The summed E-state index contributed by atoms with van der Waals surface area (Å²) in [5.74, 6) is 0. The molecular formula is C54H38F3N3. The van der Waals surface area contributed by atoms with Gasteiger partial charge in [-0.1, -0.05) is 108 Å². The van der Waals surface area contributed by atoms with Crippen molar-refractivity contribution in [2.45, 2.75) is 33.9 Å². The second kappa shape index (κ2) is 13.9. The highest BCUT2D eigenvalue weighted by atomic mass is 19.4. The number of fused-ring (bicyclic) bond motifs is 6. The van der Waals surface area contributed by atoms with Gasteiger partial charge in [0.2, 0.25) is 0 Å². The van der Waals surface area contributed by atoms with Crippen LogP contribution in [0.3, 0.4) is 0 Å². The summed E-state index contributed by atoms with van der Waals surface area (Å²) in [5.41, 5.74) is 13.1. The van der Waals surface area contributed by atoms with Crippen LogP contribution in [0.2, 0.25) is 0 Å². The van der Waals surface area contributed by atoms with E-state index in [1.165, 1.54) is 28.8 Å². The molecule has 0 unspecified atom stereocenters. The van der Waals surface area contributed by atoms with E-state index in [1.54, 1.807) is 24.3 Å². The number of para-hydroxylation sites is 2. The molecule has 10 aromatic rings. The fourth-order valence-corrected chi connectivity index (χ4v) is 9.24. The third-order valence-electron chi connectivity index (χ3n) is 11.9. The molecule has 290 valence electrons. The SMILES string of the molecule is Cc1ccc(-c2ccc3c(c2)c2ccccc2n3-c2cc(-c3cccc(C#N)c3)c(C(F)(F)F)cc2-n2c3ccccc3c3cc(-c4ccc(C)cc4C)ccc32)c(C)c1. The number of rotatable bonds is 5. The molecule has 60 heavy (non-hydrogen) atoms. The van der Waals surface area contributed by atoms with Crippen molar-refractivity contribution in [3.63, 3.8) is 0 Å². The van der Waals surface area contributed by atoms with Crippen molar-refractivity contribution in [3.05, 3.63) is 191 Å². The maximum Gasteiger partial charge on any atom is 0.417 e. The van der Waals surface area contributed by atoms with Gasteiger partial charge in [-0.3, -0.25) is 0 Å². The molecule has 6 heteroatoms. The molecule has 0 N–H and O–H groups in total. The number of benzene rings is 8. The molecule has 0 saturated carbocycles. The highest BCUT2D eigenvalue weighted by Crippen LogP contribution is 2.46. The van der Waals surface area contributed by atoms with Gasteiger partial charge in [-0.15, -0.1) is 0 Å². The molecule has 0 fully saturated rings. The standard InChI is InChI=1S/C54H38F3N3/c1-32-16-20-40(34(3)24-32)38-18-22-50-45(27-38)42-12-5-7-14-48(42)59(50)52-29-44(37-11-9-10-36(26-37)31-58)47(54(55,56)57)30-53(52)60-49-15-8-6-13-43(49)46-28-39(19-23-51(46)60)41-21-17-33(2)25-35(41)4/h5-30H,1-4H3. The largest absolute Gasteiger partial charge is 0.417 e. The third kappa shape index (κ3) is 5.96. The minimum absolute atomic E-state index is 0.00548. The van der Waals surface area contributed by atoms with E-state index in [4.69, 9.17) is 0 Å². The Bertz CT molecular complexity index is 3430. The minimum atomic E-state index is -4.72. The van der Waals surface area contributed by atoms with Gasteiger partial charge in [0, 0.05) is 21.5 Å². The third-order valence-corrected chi connectivity index (χ3v) is 11.9. The van der Waals surface area contributed by atoms with Crippen LogP contribution in [0.25, 0.3) is 88.4 Å². The molecule has 10 rings (SSSR count). The Hall–Kier alpha value is -7.36. The molecule has 0 saturated heterocycles. The number of alkyl halides is 3. The first-order valence-electron chi connectivity index (χ1n) is 20.0. The number of nitriles is 1. The van der Waals surface area contributed by atoms with Crippen molar-refractivity contribution >= 4 is 43.6 Å². The minimum Gasteiger partial charge on any atom is -0.307 e. The lowest BCUT2D eigenvalue weighted by molar-refractivity contribution is -0.137. The maximum absolute atomic E-state index is 15.6. The van der Waals surface area contributed by atoms with Crippen LogP contribution in [-0.2, 0) is 6.18 Å². The summed E-state index contributed by atoms with van der Waals surface area (Å²) in [4.78, 5) is 0. The summed E-state index contributed by atoms with van der Waals surface area (Å²) < 4.78 is 51.0. The number of halogens is 3. The Kier molecular flexibility index (Phi) is 8.55. The molecular weight excluding hydrogens is 748 g/mol. The van der Waals surface area contributed by atoms with Crippen LogP contribution in [0.1, 0.15) is 33.4 Å². The number of hydrogen-bond acceptors (Lipinski definition) is 1. The first kappa shape index (κ1) is 36.9. The summed E-state index contributed by atoms with van der Waals surface area (Å²) in [6.07, 6.45) is -4.72. The Morgan fingerprint density at radius 1 is 0.433 bits per heavy atom. The second-order valence-corrected chi connectivity index (χ2v) is 15.9. The highest BCUT2D eigenvalue weighted by molar-refractivity contribution is 6.13. The van der Waals surface area contributed by atoms with Crippen LogP contribution in [0.4, 0.5) is 13.2 Å². The van der Waals surface area contributed by atoms with E-state index in [9.17, 15) is 5.26 Å². The molecule has 3 nitrogen and oxygen atoms in total. The lowest BCUT2D eigenvalue weighted by Crippen LogP contribution is -2.12. The van der Waals surface area contributed by atoms with Crippen molar-refractivity contribution in [2.75, 3.05) is 0 Å². The molecule has 0 amide bonds. The average Bonchev–Trinajstić information content (AvgIpc) is 3.75. The normalized spacial score (nSPS) is 11.9. The van der Waals surface area contributed by atoms with E-state index in [-0.39, 0.29) is 11.1 Å². The average molecular weight is 786 g/mol. The van der Waals surface area contributed by atoms with Crippen LogP contribution in [0.15, 0.2) is 158 Å². The molecule has 8 aromatic carbocycles. The predicted octanol–water partition coefficient (Wildman–Crippen LogP) is 15.0. The van der Waals surface area contributed by atoms with Gasteiger partial charge in [0.1, 0.15) is 0 Å². The van der Waals surface area contributed by atoms with E-state index in [0.717, 1.165) is 71.4 Å². The second-order valence-electron chi connectivity index (χ2n) is 15.9. The Morgan fingerprint density at radius 2 is 0.917 bits per heavy atom. The summed E-state index contributed by atoms with van der Waals surface area (Å²) in [7, 11) is 0. The topological polar surface area (TPSA) is 33.6 Å². The lowest BCUT2D eigenvalue weighted by Gasteiger charge is -2.22. The Labute approximate surface area is 345 Å². The number of aromatic nitrogens is 2. The zero-order chi connectivity index (χ0) is 41.4. The fourth-order valence-electron chi connectivity index (χ4n) is 9.24. The van der Waals surface area contributed by atoms with Crippen molar-refractivity contribution in [1.82, 2.24) is 9.13 Å². The van der Waals surface area contributed by atoms with Crippen LogP contribution in [0, 0.1) is 39.0 Å². The molecule has 2 aromatic heterocycles. The zero-order valence-corrected chi connectivity index (χ0v) is 33.5. The molecule has 0 aliphatic rings. The maximum atomic E-state index is 15.6. The number of nitrogens with zero attached hydrogens (tertiary/aromatic N) is 3.